The molecule has 0 aliphatic carbocycles. The van der Waals surface area contributed by atoms with Crippen LogP contribution in [0.2, 0.25) is 0 Å². The minimum Gasteiger partial charge on any atom is -0.356 e. The SMILES string of the molecule is CCCCN(CC)c1cnc(NC(=O)C(CCC)NC(=O)Cc2cc(F)cc(F)c2)cn1. The van der Waals surface area contributed by atoms with E-state index < -0.39 is 29.5 Å². The molecule has 2 rings (SSSR count). The highest BCUT2D eigenvalue weighted by molar-refractivity contribution is 5.96. The van der Waals surface area contributed by atoms with Crippen molar-refractivity contribution in [2.75, 3.05) is 23.3 Å². The molecule has 7 nitrogen and oxygen atoms in total. The van der Waals surface area contributed by atoms with Crippen LogP contribution in [0.4, 0.5) is 20.4 Å². The number of unbranched alkanes of at least 4 members (excludes halogenated alkanes) is 1. The molecule has 1 atom stereocenters. The fourth-order valence-electron chi connectivity index (χ4n) is 3.25. The third kappa shape index (κ3) is 7.86. The Balaban J connectivity index is 1.99. The van der Waals surface area contributed by atoms with Crippen LogP contribution in [0.25, 0.3) is 0 Å². The Hall–Kier alpha value is -3.10. The third-order valence-corrected chi connectivity index (χ3v) is 4.89. The van der Waals surface area contributed by atoms with Gasteiger partial charge in [-0.1, -0.05) is 26.7 Å². The molecule has 0 fully saturated rings. The molecule has 32 heavy (non-hydrogen) atoms. The van der Waals surface area contributed by atoms with E-state index in [0.717, 1.165) is 49.9 Å². The van der Waals surface area contributed by atoms with Gasteiger partial charge in [-0.3, -0.25) is 9.59 Å². The van der Waals surface area contributed by atoms with Crippen LogP contribution in [0.15, 0.2) is 30.6 Å². The number of rotatable bonds is 12. The predicted octanol–water partition coefficient (Wildman–Crippen LogP) is 3.85. The number of nitrogens with zero attached hydrogens (tertiary/aromatic N) is 3. The molecule has 1 aromatic carbocycles. The van der Waals surface area contributed by atoms with Crippen molar-refractivity contribution in [3.05, 3.63) is 47.8 Å². The number of nitrogens with one attached hydrogen (secondary N) is 2. The van der Waals surface area contributed by atoms with Gasteiger partial charge in [0.1, 0.15) is 23.5 Å². The first-order valence-corrected chi connectivity index (χ1v) is 11.0. The summed E-state index contributed by atoms with van der Waals surface area (Å²) in [5, 5.41) is 5.31. The number of carbonyl (C=O) groups excluding carboxylic acids is 2. The topological polar surface area (TPSA) is 87.2 Å². The van der Waals surface area contributed by atoms with Crippen molar-refractivity contribution < 1.29 is 18.4 Å². The first kappa shape index (κ1) is 25.2. The summed E-state index contributed by atoms with van der Waals surface area (Å²) in [5.74, 6) is -1.42. The van der Waals surface area contributed by atoms with Crippen LogP contribution in [0, 0.1) is 11.6 Å². The molecule has 0 aliphatic heterocycles. The molecule has 1 aromatic heterocycles. The summed E-state index contributed by atoms with van der Waals surface area (Å²) in [6.07, 6.45) is 6.05. The molecule has 0 bridgehead atoms. The first-order chi connectivity index (χ1) is 15.4. The minimum atomic E-state index is -0.802. The van der Waals surface area contributed by atoms with E-state index >= 15 is 0 Å². The lowest BCUT2D eigenvalue weighted by Crippen LogP contribution is -2.44. The van der Waals surface area contributed by atoms with Gasteiger partial charge in [0, 0.05) is 19.2 Å². The van der Waals surface area contributed by atoms with E-state index in [1.54, 1.807) is 6.20 Å². The number of amides is 2. The molecule has 0 saturated carbocycles. The Labute approximate surface area is 187 Å². The second kappa shape index (κ2) is 12.7. The number of hydrogen-bond donors (Lipinski definition) is 2. The zero-order valence-electron chi connectivity index (χ0n) is 18.8. The zero-order valence-corrected chi connectivity index (χ0v) is 18.8. The molecule has 2 aromatic rings. The van der Waals surface area contributed by atoms with Crippen molar-refractivity contribution in [3.8, 4) is 0 Å². The minimum absolute atomic E-state index is 0.195. The molecule has 174 valence electrons. The van der Waals surface area contributed by atoms with Gasteiger partial charge in [0.2, 0.25) is 11.8 Å². The Morgan fingerprint density at radius 3 is 2.31 bits per heavy atom. The van der Waals surface area contributed by atoms with Crippen molar-refractivity contribution in [3.63, 3.8) is 0 Å². The number of carbonyl (C=O) groups is 2. The van der Waals surface area contributed by atoms with Crippen molar-refractivity contribution >= 4 is 23.5 Å². The van der Waals surface area contributed by atoms with Crippen LogP contribution in [0.5, 0.6) is 0 Å². The van der Waals surface area contributed by atoms with E-state index in [0.29, 0.717) is 12.8 Å². The quantitative estimate of drug-likeness (QED) is 0.516. The zero-order chi connectivity index (χ0) is 23.5. The molecular weight excluding hydrogens is 416 g/mol. The summed E-state index contributed by atoms with van der Waals surface area (Å²) in [4.78, 5) is 35.8. The number of hydrogen-bond acceptors (Lipinski definition) is 5. The van der Waals surface area contributed by atoms with Crippen molar-refractivity contribution in [2.24, 2.45) is 0 Å². The van der Waals surface area contributed by atoms with E-state index in [-0.39, 0.29) is 17.8 Å². The van der Waals surface area contributed by atoms with Gasteiger partial charge in [0.15, 0.2) is 5.82 Å². The van der Waals surface area contributed by atoms with Gasteiger partial charge in [-0.25, -0.2) is 18.7 Å². The van der Waals surface area contributed by atoms with Gasteiger partial charge < -0.3 is 15.5 Å². The molecule has 1 unspecified atom stereocenters. The van der Waals surface area contributed by atoms with Gasteiger partial charge in [0.05, 0.1) is 18.8 Å². The normalized spacial score (nSPS) is 11.7. The summed E-state index contributed by atoms with van der Waals surface area (Å²) in [6, 6.07) is 2.12. The van der Waals surface area contributed by atoms with Crippen LogP contribution >= 0.6 is 0 Å². The Morgan fingerprint density at radius 2 is 1.75 bits per heavy atom. The fourth-order valence-corrected chi connectivity index (χ4v) is 3.25. The molecule has 9 heteroatoms. The summed E-state index contributed by atoms with van der Waals surface area (Å²) in [7, 11) is 0. The third-order valence-electron chi connectivity index (χ3n) is 4.89. The second-order valence-corrected chi connectivity index (χ2v) is 7.55. The van der Waals surface area contributed by atoms with E-state index in [2.05, 4.69) is 32.4 Å². The summed E-state index contributed by atoms with van der Waals surface area (Å²) < 4.78 is 26.7. The molecular formula is C23H31F2N5O2. The van der Waals surface area contributed by atoms with Crippen molar-refractivity contribution in [1.82, 2.24) is 15.3 Å². The summed E-state index contributed by atoms with van der Waals surface area (Å²) in [6.45, 7) is 7.75. The smallest absolute Gasteiger partial charge is 0.248 e. The molecule has 1 heterocycles. The Morgan fingerprint density at radius 1 is 1.03 bits per heavy atom. The number of benzene rings is 1. The highest BCUT2D eigenvalue weighted by atomic mass is 19.1. The first-order valence-electron chi connectivity index (χ1n) is 11.0. The highest BCUT2D eigenvalue weighted by Crippen LogP contribution is 2.13. The van der Waals surface area contributed by atoms with E-state index in [1.165, 1.54) is 6.20 Å². The van der Waals surface area contributed by atoms with Gasteiger partial charge in [-0.15, -0.1) is 0 Å². The summed E-state index contributed by atoms with van der Waals surface area (Å²) in [5.41, 5.74) is 0.195. The maximum atomic E-state index is 13.3. The number of halogens is 2. The molecule has 2 amide bonds. The maximum absolute atomic E-state index is 13.3. The highest BCUT2D eigenvalue weighted by Gasteiger charge is 2.21. The van der Waals surface area contributed by atoms with Crippen LogP contribution in [0.1, 0.15) is 52.0 Å². The molecule has 0 radical (unpaired) electrons. The van der Waals surface area contributed by atoms with Gasteiger partial charge >= 0.3 is 0 Å². The largest absolute Gasteiger partial charge is 0.356 e. The monoisotopic (exact) mass is 447 g/mol. The van der Waals surface area contributed by atoms with Gasteiger partial charge in [0.25, 0.3) is 0 Å². The van der Waals surface area contributed by atoms with Crippen LogP contribution in [0.3, 0.4) is 0 Å². The van der Waals surface area contributed by atoms with Gasteiger partial charge in [-0.05, 0) is 37.5 Å². The predicted molar refractivity (Wildman–Crippen MR) is 120 cm³/mol. The Bertz CT molecular complexity index is 872. The number of aromatic nitrogens is 2. The fraction of sp³-hybridized carbons (Fsp3) is 0.478. The van der Waals surface area contributed by atoms with Gasteiger partial charge in [-0.2, -0.15) is 0 Å². The van der Waals surface area contributed by atoms with E-state index in [1.807, 2.05) is 13.8 Å². The summed E-state index contributed by atoms with van der Waals surface area (Å²) >= 11 is 0. The van der Waals surface area contributed by atoms with E-state index in [9.17, 15) is 18.4 Å². The second-order valence-electron chi connectivity index (χ2n) is 7.55. The average Bonchev–Trinajstić information content (AvgIpc) is 2.74. The lowest BCUT2D eigenvalue weighted by molar-refractivity contribution is -0.126. The van der Waals surface area contributed by atoms with Crippen LogP contribution < -0.4 is 15.5 Å². The standard InChI is InChI=1S/C23H31F2N5O2/c1-4-7-9-30(6-3)21-15-26-20(14-27-21)29-23(32)19(8-5-2)28-22(31)12-16-10-17(24)13-18(25)11-16/h10-11,13-15,19H,4-9,12H2,1-3H3,(H,28,31)(H,26,29,32). The lowest BCUT2D eigenvalue weighted by Gasteiger charge is -2.21. The van der Waals surface area contributed by atoms with Crippen LogP contribution in [-0.2, 0) is 16.0 Å². The molecule has 0 saturated heterocycles. The Kier molecular flexibility index (Phi) is 9.97. The molecule has 2 N–H and O–H groups in total. The lowest BCUT2D eigenvalue weighted by atomic mass is 10.1. The van der Waals surface area contributed by atoms with Crippen LogP contribution in [-0.4, -0.2) is 40.9 Å². The van der Waals surface area contributed by atoms with E-state index in [4.69, 9.17) is 0 Å². The average molecular weight is 448 g/mol. The van der Waals surface area contributed by atoms with Crippen molar-refractivity contribution in [2.45, 2.75) is 58.9 Å². The molecule has 0 aliphatic rings. The van der Waals surface area contributed by atoms with Crippen molar-refractivity contribution in [1.29, 1.82) is 0 Å². The maximum Gasteiger partial charge on any atom is 0.248 e. The number of anilines is 2. The molecule has 0 spiro atoms.